The fourth-order valence-electron chi connectivity index (χ4n) is 1.72. The largest absolute Gasteiger partial charge is 0.396 e. The highest BCUT2D eigenvalue weighted by Gasteiger charge is 2.36. The summed E-state index contributed by atoms with van der Waals surface area (Å²) in [6.07, 6.45) is 6.84. The molecule has 0 spiro atoms. The summed E-state index contributed by atoms with van der Waals surface area (Å²) in [5, 5.41) is 12.4. The van der Waals surface area contributed by atoms with Crippen LogP contribution >= 0.6 is 0 Å². The highest BCUT2D eigenvalue weighted by molar-refractivity contribution is 5.23. The van der Waals surface area contributed by atoms with Gasteiger partial charge in [0.25, 0.3) is 0 Å². The van der Waals surface area contributed by atoms with E-state index in [1.807, 2.05) is 0 Å². The van der Waals surface area contributed by atoms with E-state index in [9.17, 15) is 5.11 Å². The Labute approximate surface area is 83.4 Å². The van der Waals surface area contributed by atoms with E-state index in [-0.39, 0.29) is 12.0 Å². The molecule has 1 fully saturated rings. The van der Waals surface area contributed by atoms with Crippen LogP contribution in [0.3, 0.4) is 0 Å². The van der Waals surface area contributed by atoms with Crippen molar-refractivity contribution in [3.63, 3.8) is 0 Å². The minimum absolute atomic E-state index is 0.0825. The maximum absolute atomic E-state index is 9.23. The fraction of sp³-hybridized carbons (Fsp3) is 0.600. The number of nitrogens with one attached hydrogen (secondary N) is 1. The molecule has 1 aliphatic carbocycles. The van der Waals surface area contributed by atoms with Crippen molar-refractivity contribution < 1.29 is 5.11 Å². The average Bonchev–Trinajstić information content (AvgIpc) is 2.19. The summed E-state index contributed by atoms with van der Waals surface area (Å²) in [5.74, 6) is 0.646. The smallest absolute Gasteiger partial charge is 0.222 e. The number of hydrogen-bond donors (Lipinski definition) is 2. The Morgan fingerprint density at radius 3 is 2.57 bits per heavy atom. The van der Waals surface area contributed by atoms with Crippen molar-refractivity contribution in [3.8, 4) is 0 Å². The molecule has 0 aromatic carbocycles. The molecule has 14 heavy (non-hydrogen) atoms. The van der Waals surface area contributed by atoms with Gasteiger partial charge in [-0.15, -0.1) is 0 Å². The van der Waals surface area contributed by atoms with Crippen molar-refractivity contribution >= 4 is 5.95 Å². The third-order valence-electron chi connectivity index (χ3n) is 2.94. The molecule has 4 nitrogen and oxygen atoms in total. The number of hydrogen-bond acceptors (Lipinski definition) is 4. The van der Waals surface area contributed by atoms with Crippen molar-refractivity contribution in [2.75, 3.05) is 18.5 Å². The second kappa shape index (κ2) is 3.92. The molecule has 2 rings (SSSR count). The third kappa shape index (κ3) is 1.85. The van der Waals surface area contributed by atoms with Crippen molar-refractivity contribution in [2.24, 2.45) is 5.41 Å². The average molecular weight is 193 g/mol. The van der Waals surface area contributed by atoms with Crippen molar-refractivity contribution in [3.05, 3.63) is 18.5 Å². The third-order valence-corrected chi connectivity index (χ3v) is 2.94. The van der Waals surface area contributed by atoms with Gasteiger partial charge in [-0.3, -0.25) is 0 Å². The van der Waals surface area contributed by atoms with Gasteiger partial charge in [0.2, 0.25) is 5.95 Å². The Balaban J connectivity index is 1.88. The maximum Gasteiger partial charge on any atom is 0.222 e. The lowest BCUT2D eigenvalue weighted by molar-refractivity contribution is 0.0575. The second-order valence-electron chi connectivity index (χ2n) is 3.94. The predicted octanol–water partition coefficient (Wildman–Crippen LogP) is 1.05. The molecule has 2 N–H and O–H groups in total. The number of aliphatic hydroxyl groups excluding tert-OH is 1. The molecule has 1 aliphatic rings. The minimum atomic E-state index is 0.0825. The fourth-order valence-corrected chi connectivity index (χ4v) is 1.72. The van der Waals surface area contributed by atoms with Crippen LogP contribution in [0.2, 0.25) is 0 Å². The van der Waals surface area contributed by atoms with Crippen LogP contribution in [-0.4, -0.2) is 28.2 Å². The molecule has 1 heterocycles. The first-order chi connectivity index (χ1) is 6.85. The quantitative estimate of drug-likeness (QED) is 0.750. The Bertz CT molecular complexity index is 279. The van der Waals surface area contributed by atoms with Gasteiger partial charge < -0.3 is 10.4 Å². The van der Waals surface area contributed by atoms with Crippen molar-refractivity contribution in [1.82, 2.24) is 9.97 Å². The zero-order valence-electron chi connectivity index (χ0n) is 8.11. The van der Waals surface area contributed by atoms with Crippen molar-refractivity contribution in [1.29, 1.82) is 0 Å². The number of nitrogens with zero attached hydrogens (tertiary/aromatic N) is 2. The molecule has 0 amide bonds. The van der Waals surface area contributed by atoms with Crippen LogP contribution in [0.1, 0.15) is 19.3 Å². The predicted molar refractivity (Wildman–Crippen MR) is 53.9 cm³/mol. The molecule has 0 unspecified atom stereocenters. The van der Waals surface area contributed by atoms with E-state index in [2.05, 4.69) is 15.3 Å². The van der Waals surface area contributed by atoms with E-state index in [0.29, 0.717) is 5.95 Å². The number of aromatic nitrogens is 2. The van der Waals surface area contributed by atoms with Crippen LogP contribution < -0.4 is 5.32 Å². The van der Waals surface area contributed by atoms with Gasteiger partial charge >= 0.3 is 0 Å². The summed E-state index contributed by atoms with van der Waals surface area (Å²) in [5.41, 5.74) is 0.0825. The first-order valence-corrected chi connectivity index (χ1v) is 4.96. The highest BCUT2D eigenvalue weighted by atomic mass is 16.3. The van der Waals surface area contributed by atoms with E-state index < -0.39 is 0 Å². The summed E-state index contributed by atoms with van der Waals surface area (Å²) in [6, 6.07) is 1.79. The van der Waals surface area contributed by atoms with Crippen LogP contribution in [0.4, 0.5) is 5.95 Å². The monoisotopic (exact) mass is 193 g/mol. The van der Waals surface area contributed by atoms with Crippen LogP contribution in [0.15, 0.2) is 18.5 Å². The molecule has 1 saturated carbocycles. The van der Waals surface area contributed by atoms with Crippen molar-refractivity contribution in [2.45, 2.75) is 19.3 Å². The normalized spacial score (nSPS) is 18.6. The van der Waals surface area contributed by atoms with Gasteiger partial charge in [-0.1, -0.05) is 6.42 Å². The number of aliphatic hydroxyl groups is 1. The summed E-state index contributed by atoms with van der Waals surface area (Å²) >= 11 is 0. The molecule has 1 aromatic rings. The maximum atomic E-state index is 9.23. The van der Waals surface area contributed by atoms with Crippen LogP contribution in [0.5, 0.6) is 0 Å². The molecule has 0 radical (unpaired) electrons. The second-order valence-corrected chi connectivity index (χ2v) is 3.94. The topological polar surface area (TPSA) is 58.0 Å². The summed E-state index contributed by atoms with van der Waals surface area (Å²) in [4.78, 5) is 8.14. The molecule has 1 aromatic heterocycles. The lowest BCUT2D eigenvalue weighted by Gasteiger charge is -2.40. The van der Waals surface area contributed by atoms with Gasteiger partial charge in [-0.2, -0.15) is 0 Å². The van der Waals surface area contributed by atoms with Gasteiger partial charge in [-0.25, -0.2) is 9.97 Å². The SMILES string of the molecule is OCC1(CNc2ncccn2)CCC1. The Kier molecular flexibility index (Phi) is 2.63. The molecule has 0 saturated heterocycles. The summed E-state index contributed by atoms with van der Waals surface area (Å²) < 4.78 is 0. The first kappa shape index (κ1) is 9.40. The molecule has 0 aliphatic heterocycles. The van der Waals surface area contributed by atoms with Gasteiger partial charge in [0.1, 0.15) is 0 Å². The van der Waals surface area contributed by atoms with E-state index in [1.54, 1.807) is 18.5 Å². The molecule has 4 heteroatoms. The highest BCUT2D eigenvalue weighted by Crippen LogP contribution is 2.40. The number of anilines is 1. The summed E-state index contributed by atoms with van der Waals surface area (Å²) in [7, 11) is 0. The zero-order chi connectivity index (χ0) is 9.86. The lowest BCUT2D eigenvalue weighted by atomic mass is 9.69. The van der Waals surface area contributed by atoms with E-state index in [4.69, 9.17) is 0 Å². The molecule has 76 valence electrons. The van der Waals surface area contributed by atoms with E-state index in [1.165, 1.54) is 6.42 Å². The van der Waals surface area contributed by atoms with Crippen LogP contribution in [0, 0.1) is 5.41 Å². The van der Waals surface area contributed by atoms with E-state index >= 15 is 0 Å². The van der Waals surface area contributed by atoms with Gasteiger partial charge in [0.05, 0.1) is 6.61 Å². The van der Waals surface area contributed by atoms with Crippen LogP contribution in [0.25, 0.3) is 0 Å². The van der Waals surface area contributed by atoms with Crippen LogP contribution in [-0.2, 0) is 0 Å². The summed E-state index contributed by atoms with van der Waals surface area (Å²) in [6.45, 7) is 1.03. The lowest BCUT2D eigenvalue weighted by Crippen LogP contribution is -2.40. The first-order valence-electron chi connectivity index (χ1n) is 4.96. The van der Waals surface area contributed by atoms with Gasteiger partial charge in [0.15, 0.2) is 0 Å². The Morgan fingerprint density at radius 1 is 1.36 bits per heavy atom. The number of rotatable bonds is 4. The Morgan fingerprint density at radius 2 is 2.07 bits per heavy atom. The van der Waals surface area contributed by atoms with Gasteiger partial charge in [-0.05, 0) is 18.9 Å². The molecule has 0 atom stereocenters. The Hall–Kier alpha value is -1.16. The minimum Gasteiger partial charge on any atom is -0.396 e. The molecule has 0 bridgehead atoms. The van der Waals surface area contributed by atoms with E-state index in [0.717, 1.165) is 19.4 Å². The molecular weight excluding hydrogens is 178 g/mol. The zero-order valence-corrected chi connectivity index (χ0v) is 8.11. The standard InChI is InChI=1S/C10H15N3O/c14-8-10(3-1-4-10)7-13-9-11-5-2-6-12-9/h2,5-6,14H,1,3-4,7-8H2,(H,11,12,13). The molecular formula is C10H15N3O. The van der Waals surface area contributed by atoms with Gasteiger partial charge in [0, 0.05) is 24.4 Å².